The van der Waals surface area contributed by atoms with Crippen LogP contribution < -0.4 is 5.73 Å². The van der Waals surface area contributed by atoms with Gasteiger partial charge < -0.3 is 5.73 Å². The Morgan fingerprint density at radius 2 is 2.25 bits per heavy atom. The van der Waals surface area contributed by atoms with Gasteiger partial charge in [-0.3, -0.25) is 0 Å². The first-order valence-corrected chi connectivity index (χ1v) is 7.83. The molecule has 20 heavy (non-hydrogen) atoms. The molecule has 0 saturated carbocycles. The first-order valence-electron chi connectivity index (χ1n) is 6.39. The molecule has 1 aliphatic rings. The molecule has 1 aliphatic heterocycles. The highest BCUT2D eigenvalue weighted by molar-refractivity contribution is 7.89. The lowest BCUT2D eigenvalue weighted by molar-refractivity contribution is 0.271. The summed E-state index contributed by atoms with van der Waals surface area (Å²) in [4.78, 5) is -0.0480. The average Bonchev–Trinajstić information content (AvgIpc) is 2.47. The van der Waals surface area contributed by atoms with Crippen molar-refractivity contribution in [1.29, 1.82) is 5.26 Å². The quantitative estimate of drug-likeness (QED) is 0.903. The first kappa shape index (κ1) is 14.9. The molecule has 0 bridgehead atoms. The van der Waals surface area contributed by atoms with Gasteiger partial charge in [0.2, 0.25) is 10.0 Å². The maximum absolute atomic E-state index is 13.3. The van der Waals surface area contributed by atoms with Crippen molar-refractivity contribution in [1.82, 2.24) is 4.31 Å². The van der Waals surface area contributed by atoms with E-state index >= 15 is 0 Å². The summed E-state index contributed by atoms with van der Waals surface area (Å²) in [6.07, 6.45) is 1.67. The fraction of sp³-hybridized carbons (Fsp3) is 0.462. The van der Waals surface area contributed by atoms with E-state index in [1.165, 1.54) is 10.4 Å². The fourth-order valence-electron chi connectivity index (χ4n) is 2.34. The predicted molar refractivity (Wildman–Crippen MR) is 71.7 cm³/mol. The molecule has 1 aromatic rings. The molecule has 5 nitrogen and oxygen atoms in total. The lowest BCUT2D eigenvalue weighted by Crippen LogP contribution is -2.41. The van der Waals surface area contributed by atoms with Crippen LogP contribution in [0.4, 0.5) is 4.39 Å². The Morgan fingerprint density at radius 1 is 1.50 bits per heavy atom. The molecule has 1 aromatic carbocycles. The van der Waals surface area contributed by atoms with E-state index in [4.69, 9.17) is 11.0 Å². The third kappa shape index (κ3) is 2.82. The van der Waals surface area contributed by atoms with Crippen molar-refractivity contribution in [2.75, 3.05) is 19.6 Å². The lowest BCUT2D eigenvalue weighted by Gasteiger charge is -2.31. The first-order chi connectivity index (χ1) is 9.48. The Morgan fingerprint density at radius 3 is 2.90 bits per heavy atom. The number of nitrogens with two attached hydrogens (primary N) is 1. The van der Waals surface area contributed by atoms with Crippen molar-refractivity contribution in [2.24, 2.45) is 11.7 Å². The van der Waals surface area contributed by atoms with E-state index in [0.29, 0.717) is 19.6 Å². The Bertz CT molecular complexity index is 640. The zero-order chi connectivity index (χ0) is 14.8. The van der Waals surface area contributed by atoms with Crippen LogP contribution in [-0.4, -0.2) is 32.4 Å². The second-order valence-electron chi connectivity index (χ2n) is 4.86. The van der Waals surface area contributed by atoms with Crippen LogP contribution in [0, 0.1) is 23.1 Å². The van der Waals surface area contributed by atoms with Crippen LogP contribution in [0.2, 0.25) is 0 Å². The fourth-order valence-corrected chi connectivity index (χ4v) is 3.92. The summed E-state index contributed by atoms with van der Waals surface area (Å²) in [6, 6.07) is 4.93. The topological polar surface area (TPSA) is 87.2 Å². The zero-order valence-corrected chi connectivity index (χ0v) is 11.7. The molecule has 108 valence electrons. The molecule has 1 atom stereocenters. The molecule has 0 aliphatic carbocycles. The smallest absolute Gasteiger partial charge is 0.243 e. The van der Waals surface area contributed by atoms with Crippen molar-refractivity contribution in [2.45, 2.75) is 17.7 Å². The van der Waals surface area contributed by atoms with Crippen molar-refractivity contribution in [3.63, 3.8) is 0 Å². The van der Waals surface area contributed by atoms with Crippen LogP contribution in [0.15, 0.2) is 23.1 Å². The molecule has 0 spiro atoms. The van der Waals surface area contributed by atoms with Crippen LogP contribution in [0.1, 0.15) is 18.4 Å². The van der Waals surface area contributed by atoms with E-state index in [-0.39, 0.29) is 16.4 Å². The second-order valence-corrected chi connectivity index (χ2v) is 6.80. The van der Waals surface area contributed by atoms with Crippen molar-refractivity contribution in [3.05, 3.63) is 29.6 Å². The van der Waals surface area contributed by atoms with Gasteiger partial charge in [0.1, 0.15) is 11.9 Å². The minimum Gasteiger partial charge on any atom is -0.330 e. The number of hydrogen-bond acceptors (Lipinski definition) is 4. The Balaban J connectivity index is 2.33. The summed E-state index contributed by atoms with van der Waals surface area (Å²) in [7, 11) is -3.69. The van der Waals surface area contributed by atoms with Gasteiger partial charge in [0, 0.05) is 13.1 Å². The molecular weight excluding hydrogens is 281 g/mol. The Hall–Kier alpha value is -1.49. The Kier molecular flexibility index (Phi) is 4.38. The third-order valence-electron chi connectivity index (χ3n) is 3.51. The van der Waals surface area contributed by atoms with Crippen molar-refractivity contribution >= 4 is 10.0 Å². The highest BCUT2D eigenvalue weighted by atomic mass is 32.2. The van der Waals surface area contributed by atoms with Gasteiger partial charge in [-0.1, -0.05) is 0 Å². The van der Waals surface area contributed by atoms with Gasteiger partial charge in [-0.2, -0.15) is 9.57 Å². The van der Waals surface area contributed by atoms with Crippen molar-refractivity contribution < 1.29 is 12.8 Å². The molecule has 2 N–H and O–H groups in total. The molecule has 2 rings (SSSR count). The molecule has 0 radical (unpaired) electrons. The normalized spacial score (nSPS) is 20.6. The van der Waals surface area contributed by atoms with Crippen LogP contribution in [0.25, 0.3) is 0 Å². The van der Waals surface area contributed by atoms with Crippen LogP contribution in [0.3, 0.4) is 0 Å². The number of sulfonamides is 1. The van der Waals surface area contributed by atoms with E-state index in [2.05, 4.69) is 0 Å². The lowest BCUT2D eigenvalue weighted by atomic mass is 10.0. The number of nitriles is 1. The monoisotopic (exact) mass is 297 g/mol. The number of piperidine rings is 1. The van der Waals surface area contributed by atoms with E-state index in [1.807, 2.05) is 0 Å². The summed E-state index contributed by atoms with van der Waals surface area (Å²) < 4.78 is 39.6. The van der Waals surface area contributed by atoms with Gasteiger partial charge in [0.25, 0.3) is 0 Å². The molecule has 0 aromatic heterocycles. The molecule has 1 saturated heterocycles. The van der Waals surface area contributed by atoms with Crippen molar-refractivity contribution in [3.8, 4) is 6.07 Å². The van der Waals surface area contributed by atoms with Gasteiger partial charge in [-0.25, -0.2) is 12.8 Å². The zero-order valence-electron chi connectivity index (χ0n) is 10.9. The van der Waals surface area contributed by atoms with Crippen LogP contribution >= 0.6 is 0 Å². The minimum atomic E-state index is -3.69. The Labute approximate surface area is 117 Å². The highest BCUT2D eigenvalue weighted by Gasteiger charge is 2.30. The third-order valence-corrected chi connectivity index (χ3v) is 5.37. The van der Waals surface area contributed by atoms with Gasteiger partial charge in [-0.15, -0.1) is 0 Å². The van der Waals surface area contributed by atoms with Gasteiger partial charge in [0.05, 0.1) is 10.5 Å². The molecule has 7 heteroatoms. The standard InChI is InChI=1S/C13H16FN3O2S/c14-13-4-3-12(6-11(13)8-16)20(18,19)17-5-1-2-10(7-15)9-17/h3-4,6,10H,1-2,5,7,9,15H2. The molecule has 1 heterocycles. The summed E-state index contributed by atoms with van der Waals surface area (Å²) in [6.45, 7) is 1.25. The van der Waals surface area contributed by atoms with Crippen LogP contribution in [-0.2, 0) is 10.0 Å². The maximum atomic E-state index is 13.3. The summed E-state index contributed by atoms with van der Waals surface area (Å²) >= 11 is 0. The number of nitrogens with zero attached hydrogens (tertiary/aromatic N) is 2. The number of hydrogen-bond donors (Lipinski definition) is 1. The molecular formula is C13H16FN3O2S. The van der Waals surface area contributed by atoms with E-state index in [0.717, 1.165) is 25.0 Å². The second kappa shape index (κ2) is 5.87. The van der Waals surface area contributed by atoms with E-state index in [1.54, 1.807) is 6.07 Å². The summed E-state index contributed by atoms with van der Waals surface area (Å²) in [5, 5.41) is 8.78. The number of halogens is 1. The van der Waals surface area contributed by atoms with Gasteiger partial charge in [-0.05, 0) is 43.5 Å². The highest BCUT2D eigenvalue weighted by Crippen LogP contribution is 2.24. The van der Waals surface area contributed by atoms with Gasteiger partial charge >= 0.3 is 0 Å². The van der Waals surface area contributed by atoms with Crippen LogP contribution in [0.5, 0.6) is 0 Å². The summed E-state index contributed by atoms with van der Waals surface area (Å²) in [5.41, 5.74) is 5.33. The largest absolute Gasteiger partial charge is 0.330 e. The van der Waals surface area contributed by atoms with E-state index < -0.39 is 15.8 Å². The molecule has 1 fully saturated rings. The predicted octanol–water partition coefficient (Wildman–Crippen LogP) is 1.06. The number of benzene rings is 1. The minimum absolute atomic E-state index is 0.0480. The van der Waals surface area contributed by atoms with E-state index in [9.17, 15) is 12.8 Å². The number of rotatable bonds is 3. The van der Waals surface area contributed by atoms with Gasteiger partial charge in [0.15, 0.2) is 0 Å². The molecule has 1 unspecified atom stereocenters. The molecule has 0 amide bonds. The summed E-state index contributed by atoms with van der Waals surface area (Å²) in [5.74, 6) is -0.570. The SMILES string of the molecule is N#Cc1cc(S(=O)(=O)N2CCCC(CN)C2)ccc1F. The average molecular weight is 297 g/mol. The maximum Gasteiger partial charge on any atom is 0.243 e.